The van der Waals surface area contributed by atoms with Crippen LogP contribution in [0.2, 0.25) is 0 Å². The Hall–Kier alpha value is -2.06. The summed E-state index contributed by atoms with van der Waals surface area (Å²) in [6.07, 6.45) is 3.63. The van der Waals surface area contributed by atoms with Crippen LogP contribution in [0.25, 0.3) is 6.08 Å². The molecule has 1 aliphatic heterocycles. The molecule has 0 radical (unpaired) electrons. The summed E-state index contributed by atoms with van der Waals surface area (Å²) >= 11 is 0.793. The molecule has 0 bridgehead atoms. The van der Waals surface area contributed by atoms with Crippen LogP contribution in [0.4, 0.5) is 4.79 Å². The van der Waals surface area contributed by atoms with Gasteiger partial charge in [0.25, 0.3) is 11.1 Å². The van der Waals surface area contributed by atoms with Crippen LogP contribution in [-0.4, -0.2) is 48.8 Å². The second-order valence-corrected chi connectivity index (χ2v) is 5.47. The predicted octanol–water partition coefficient (Wildman–Crippen LogP) is 1.47. The fourth-order valence-electron chi connectivity index (χ4n) is 1.78. The number of hydrogen-bond acceptors (Lipinski definition) is 6. The lowest BCUT2D eigenvalue weighted by molar-refractivity contribution is -0.129. The van der Waals surface area contributed by atoms with Crippen LogP contribution in [0, 0.1) is 0 Å². The second-order valence-electron chi connectivity index (χ2n) is 4.48. The van der Waals surface area contributed by atoms with Crippen molar-refractivity contribution in [2.75, 3.05) is 26.8 Å². The Morgan fingerprint density at radius 1 is 1.50 bits per heavy atom. The molecule has 1 aliphatic rings. The summed E-state index contributed by atoms with van der Waals surface area (Å²) < 4.78 is 9.97. The molecule has 7 nitrogen and oxygen atoms in total. The van der Waals surface area contributed by atoms with Gasteiger partial charge in [0.1, 0.15) is 12.3 Å². The van der Waals surface area contributed by atoms with E-state index in [9.17, 15) is 14.4 Å². The van der Waals surface area contributed by atoms with E-state index in [-0.39, 0.29) is 17.4 Å². The molecule has 1 aromatic rings. The average molecular weight is 324 g/mol. The quantitative estimate of drug-likeness (QED) is 0.603. The van der Waals surface area contributed by atoms with Crippen LogP contribution in [0.5, 0.6) is 0 Å². The zero-order valence-corrected chi connectivity index (χ0v) is 12.9. The number of hydrogen-bond donors (Lipinski definition) is 1. The van der Waals surface area contributed by atoms with Crippen molar-refractivity contribution in [3.05, 3.63) is 29.1 Å². The minimum atomic E-state index is -0.488. The highest BCUT2D eigenvalue weighted by atomic mass is 32.2. The van der Waals surface area contributed by atoms with Gasteiger partial charge in [-0.15, -0.1) is 0 Å². The van der Waals surface area contributed by atoms with E-state index in [0.29, 0.717) is 25.3 Å². The first-order chi connectivity index (χ1) is 10.6. The molecule has 0 aromatic carbocycles. The van der Waals surface area contributed by atoms with Crippen LogP contribution in [0.1, 0.15) is 12.2 Å². The van der Waals surface area contributed by atoms with Crippen molar-refractivity contribution in [1.82, 2.24) is 10.2 Å². The first kappa shape index (κ1) is 16.3. The van der Waals surface area contributed by atoms with Gasteiger partial charge in [-0.05, 0) is 30.3 Å². The number of methoxy groups -OCH3 is 1. The van der Waals surface area contributed by atoms with E-state index < -0.39 is 11.1 Å². The van der Waals surface area contributed by atoms with Crippen molar-refractivity contribution >= 4 is 34.9 Å². The number of carbonyl (C=O) groups excluding carboxylic acids is 3. The number of nitrogens with one attached hydrogen (secondary N) is 1. The van der Waals surface area contributed by atoms with E-state index in [1.165, 1.54) is 12.3 Å². The highest BCUT2D eigenvalue weighted by Gasteiger charge is 2.36. The monoisotopic (exact) mass is 324 g/mol. The Morgan fingerprint density at radius 2 is 2.32 bits per heavy atom. The Balaban J connectivity index is 1.90. The molecule has 0 spiro atoms. The summed E-state index contributed by atoms with van der Waals surface area (Å²) in [7, 11) is 1.58. The maximum Gasteiger partial charge on any atom is 0.294 e. The van der Waals surface area contributed by atoms with Gasteiger partial charge >= 0.3 is 0 Å². The van der Waals surface area contributed by atoms with E-state index >= 15 is 0 Å². The van der Waals surface area contributed by atoms with E-state index in [1.54, 1.807) is 19.2 Å². The minimum absolute atomic E-state index is 0.243. The third-order valence-corrected chi connectivity index (χ3v) is 3.75. The molecular formula is C14H16N2O5S. The first-order valence-corrected chi connectivity index (χ1v) is 7.48. The van der Waals surface area contributed by atoms with Crippen LogP contribution < -0.4 is 5.32 Å². The smallest absolute Gasteiger partial charge is 0.294 e. The molecule has 0 saturated carbocycles. The van der Waals surface area contributed by atoms with Gasteiger partial charge in [0.2, 0.25) is 5.91 Å². The van der Waals surface area contributed by atoms with Gasteiger partial charge in [-0.1, -0.05) is 0 Å². The molecule has 3 amide bonds. The number of rotatable bonds is 7. The maximum atomic E-state index is 12.1. The lowest BCUT2D eigenvalue weighted by Crippen LogP contribution is -2.39. The van der Waals surface area contributed by atoms with Crippen LogP contribution >= 0.6 is 11.8 Å². The Labute approximate surface area is 131 Å². The molecule has 1 saturated heterocycles. The van der Waals surface area contributed by atoms with E-state index in [4.69, 9.17) is 9.15 Å². The van der Waals surface area contributed by atoms with Gasteiger partial charge in [-0.3, -0.25) is 19.3 Å². The fraction of sp³-hybridized carbons (Fsp3) is 0.357. The number of ether oxygens (including phenoxy) is 1. The number of imide groups is 1. The lowest BCUT2D eigenvalue weighted by atomic mass is 10.3. The number of nitrogens with zero attached hydrogens (tertiary/aromatic N) is 1. The largest absolute Gasteiger partial charge is 0.465 e. The molecule has 1 aromatic heterocycles. The summed E-state index contributed by atoms with van der Waals surface area (Å²) in [5.74, 6) is -0.384. The Bertz CT molecular complexity index is 582. The van der Waals surface area contributed by atoms with E-state index in [0.717, 1.165) is 16.7 Å². The van der Waals surface area contributed by atoms with Crippen LogP contribution in [0.15, 0.2) is 27.7 Å². The normalized spacial score (nSPS) is 16.6. The van der Waals surface area contributed by atoms with Gasteiger partial charge in [-0.2, -0.15) is 0 Å². The predicted molar refractivity (Wildman–Crippen MR) is 80.9 cm³/mol. The SMILES string of the molecule is COCCCNC(=O)CN1C(=O)S/C(=C\c2ccco2)C1=O. The zero-order chi connectivity index (χ0) is 15.9. The summed E-state index contributed by atoms with van der Waals surface area (Å²) in [4.78, 5) is 36.9. The van der Waals surface area contributed by atoms with E-state index in [1.807, 2.05) is 0 Å². The van der Waals surface area contributed by atoms with Gasteiger partial charge in [-0.25, -0.2) is 0 Å². The van der Waals surface area contributed by atoms with Gasteiger partial charge in [0.05, 0.1) is 11.2 Å². The number of furan rings is 1. The van der Waals surface area contributed by atoms with Crippen molar-refractivity contribution in [2.24, 2.45) is 0 Å². The molecule has 2 heterocycles. The Kier molecular flexibility index (Phi) is 5.79. The highest BCUT2D eigenvalue weighted by Crippen LogP contribution is 2.31. The molecular weight excluding hydrogens is 308 g/mol. The fourth-order valence-corrected chi connectivity index (χ4v) is 2.60. The average Bonchev–Trinajstić information content (AvgIpc) is 3.08. The molecule has 22 heavy (non-hydrogen) atoms. The van der Waals surface area contributed by atoms with Crippen molar-refractivity contribution in [2.45, 2.75) is 6.42 Å². The summed E-state index contributed by atoms with van der Waals surface area (Å²) in [6, 6.07) is 3.36. The van der Waals surface area contributed by atoms with Gasteiger partial charge in [0, 0.05) is 26.3 Å². The number of thioether (sulfide) groups is 1. The second kappa shape index (κ2) is 7.81. The third-order valence-electron chi connectivity index (χ3n) is 2.84. The van der Waals surface area contributed by atoms with Crippen molar-refractivity contribution in [3.63, 3.8) is 0 Å². The molecule has 0 unspecified atom stereocenters. The number of carbonyl (C=O) groups is 3. The molecule has 1 N–H and O–H groups in total. The third kappa shape index (κ3) is 4.22. The van der Waals surface area contributed by atoms with E-state index in [2.05, 4.69) is 5.32 Å². The van der Waals surface area contributed by atoms with Gasteiger partial charge < -0.3 is 14.5 Å². The first-order valence-electron chi connectivity index (χ1n) is 6.66. The summed E-state index contributed by atoms with van der Waals surface area (Å²) in [5.41, 5.74) is 0. The molecule has 1 fully saturated rings. The van der Waals surface area contributed by atoms with Crippen LogP contribution in [0.3, 0.4) is 0 Å². The van der Waals surface area contributed by atoms with Crippen molar-refractivity contribution in [1.29, 1.82) is 0 Å². The van der Waals surface area contributed by atoms with Gasteiger partial charge in [0.15, 0.2) is 0 Å². The van der Waals surface area contributed by atoms with Crippen LogP contribution in [-0.2, 0) is 14.3 Å². The standard InChI is InChI=1S/C14H16N2O5S/c1-20-6-3-5-15-12(17)9-16-13(18)11(22-14(16)19)8-10-4-2-7-21-10/h2,4,7-8H,3,5-6,9H2,1H3,(H,15,17)/b11-8-. The zero-order valence-electron chi connectivity index (χ0n) is 12.0. The molecule has 2 rings (SSSR count). The van der Waals surface area contributed by atoms with Crippen molar-refractivity contribution < 1.29 is 23.5 Å². The summed E-state index contributed by atoms with van der Waals surface area (Å²) in [6.45, 7) is 0.687. The maximum absolute atomic E-state index is 12.1. The highest BCUT2D eigenvalue weighted by molar-refractivity contribution is 8.18. The minimum Gasteiger partial charge on any atom is -0.465 e. The number of amides is 3. The molecule has 118 valence electrons. The summed E-state index contributed by atoms with van der Waals surface area (Å²) in [5, 5.41) is 2.17. The molecule has 0 aliphatic carbocycles. The topological polar surface area (TPSA) is 88.8 Å². The molecule has 8 heteroatoms. The Morgan fingerprint density at radius 3 is 3.00 bits per heavy atom. The molecule has 0 atom stereocenters. The lowest BCUT2D eigenvalue weighted by Gasteiger charge is -2.12. The van der Waals surface area contributed by atoms with Crippen molar-refractivity contribution in [3.8, 4) is 0 Å².